The molecule has 0 saturated heterocycles. The van der Waals surface area contributed by atoms with Crippen molar-refractivity contribution in [3.63, 3.8) is 0 Å². The molecule has 0 aliphatic heterocycles. The van der Waals surface area contributed by atoms with Crippen LogP contribution in [0.15, 0.2) is 0 Å². The summed E-state index contributed by atoms with van der Waals surface area (Å²) >= 11 is -7.01. The minimum atomic E-state index is -7.01. The van der Waals surface area contributed by atoms with Crippen LogP contribution in [0.4, 0.5) is 0 Å². The van der Waals surface area contributed by atoms with Crippen LogP contribution in [0.3, 0.4) is 0 Å². The van der Waals surface area contributed by atoms with Crippen molar-refractivity contribution in [2.24, 2.45) is 0 Å². The van der Waals surface area contributed by atoms with Gasteiger partial charge in [-0.05, 0) is 0 Å². The molecule has 0 bridgehead atoms. The van der Waals surface area contributed by atoms with Gasteiger partial charge in [0.05, 0.1) is 0 Å². The molecule has 0 saturated carbocycles. The summed E-state index contributed by atoms with van der Waals surface area (Å²) in [6.07, 6.45) is 0. The molecule has 0 aromatic heterocycles. The Morgan fingerprint density at radius 3 is 1.00 bits per heavy atom. The molecule has 0 fully saturated rings. The molecule has 8 heteroatoms. The Labute approximate surface area is 67.4 Å². The molecule has 2 N–H and O–H groups in total. The second kappa shape index (κ2) is 3.19. The van der Waals surface area contributed by atoms with E-state index in [0.29, 0.717) is 0 Å². The Morgan fingerprint density at radius 1 is 1.00 bits per heavy atom. The van der Waals surface area contributed by atoms with Gasteiger partial charge < -0.3 is 0 Å². The van der Waals surface area contributed by atoms with Crippen molar-refractivity contribution < 1.29 is 48.6 Å². The van der Waals surface area contributed by atoms with Crippen LogP contribution in [0.2, 0.25) is 0 Å². The van der Waals surface area contributed by atoms with Gasteiger partial charge in [-0.2, -0.15) is 0 Å². The van der Waals surface area contributed by atoms with Gasteiger partial charge in [-0.15, -0.1) is 0 Å². The second-order valence-corrected chi connectivity index (χ2v) is 2.80. The van der Waals surface area contributed by atoms with Gasteiger partial charge in [0, 0.05) is 16.5 Å². The van der Waals surface area contributed by atoms with Gasteiger partial charge in [-0.3, -0.25) is 0 Å². The van der Waals surface area contributed by atoms with E-state index in [9.17, 15) is 0 Å². The monoisotopic (exact) mass is 203 g/mol. The summed E-state index contributed by atoms with van der Waals surface area (Å²) in [5.74, 6) is 0. The molecule has 5 nitrogen and oxygen atoms in total. The van der Waals surface area contributed by atoms with Gasteiger partial charge in [0.25, 0.3) is 0 Å². The Kier molecular flexibility index (Phi) is 6.36. The minimum absolute atomic E-state index is 0. The molecule has 0 amide bonds. The van der Waals surface area contributed by atoms with Crippen molar-refractivity contribution in [3.8, 4) is 0 Å². The summed E-state index contributed by atoms with van der Waals surface area (Å²) in [6.45, 7) is 0. The summed E-state index contributed by atoms with van der Waals surface area (Å²) in [5, 5.41) is 0. The maximum absolute atomic E-state index is 8.83. The first-order valence-electron chi connectivity index (χ1n) is 0.801. The quantitative estimate of drug-likeness (QED) is 0.439. The van der Waals surface area contributed by atoms with E-state index in [1.807, 2.05) is 0 Å². The fraction of sp³-hybridized carbons (Fsp3) is 0. The van der Waals surface area contributed by atoms with Crippen molar-refractivity contribution in [1.82, 2.24) is 0 Å². The average Bonchev–Trinajstić information content (AvgIpc) is 0.650. The van der Waals surface area contributed by atoms with Gasteiger partial charge >= 0.3 is 51.0 Å². The SMILES string of the molecule is [LiH].[Ni].[O]=[Mn](=[O])(=[O])([OH])[OH]. The molecule has 0 spiro atoms. The van der Waals surface area contributed by atoms with Crippen LogP contribution >= 0.6 is 0 Å². The number of hydrogen-bond donors (Lipinski definition) is 2. The Hall–Kier alpha value is 0.930. The summed E-state index contributed by atoms with van der Waals surface area (Å²) < 4.78 is 40.6. The van der Waals surface area contributed by atoms with E-state index >= 15 is 0 Å². The van der Waals surface area contributed by atoms with Crippen LogP contribution in [0, 0.1) is 0 Å². The second-order valence-electron chi connectivity index (χ2n) is 0.679. The molecule has 0 aliphatic rings. The Morgan fingerprint density at radius 2 is 1.00 bits per heavy atom. The molecule has 8 heavy (non-hydrogen) atoms. The predicted octanol–water partition coefficient (Wildman–Crippen LogP) is -2.12. The molecule has 0 aromatic rings. The molecular weight excluding hydrogens is 201 g/mol. The summed E-state index contributed by atoms with van der Waals surface area (Å²) in [7, 11) is 0. The number of rotatable bonds is 0. The third kappa shape index (κ3) is 282. The summed E-state index contributed by atoms with van der Waals surface area (Å²) in [5.41, 5.74) is 0. The molecule has 0 atom stereocenters. The first-order valence-corrected chi connectivity index (χ1v) is 3.30. The van der Waals surface area contributed by atoms with Gasteiger partial charge in [0.2, 0.25) is 0 Å². The van der Waals surface area contributed by atoms with Crippen LogP contribution in [-0.4, -0.2) is 27.2 Å². The molecule has 0 aromatic carbocycles. The first-order chi connectivity index (χ1) is 2.24. The van der Waals surface area contributed by atoms with E-state index in [-0.39, 0.29) is 35.4 Å². The third-order valence-electron chi connectivity index (χ3n) is 0. The van der Waals surface area contributed by atoms with Gasteiger partial charge in [0.1, 0.15) is 0 Å². The molecule has 0 radical (unpaired) electrons. The predicted molar refractivity (Wildman–Crippen MR) is 13.6 cm³/mol. The topological polar surface area (TPSA) is 91.7 Å². The average molecular weight is 204 g/mol. The van der Waals surface area contributed by atoms with Crippen LogP contribution in [0.1, 0.15) is 0 Å². The zero-order valence-corrected chi connectivity index (χ0v) is 4.98. The van der Waals surface area contributed by atoms with E-state index in [2.05, 4.69) is 0 Å². The van der Waals surface area contributed by atoms with E-state index in [1.165, 1.54) is 0 Å². The molecule has 0 unspecified atom stereocenters. The first kappa shape index (κ1) is 16.0. The normalized spacial score (nSPS) is 14.0. The summed E-state index contributed by atoms with van der Waals surface area (Å²) in [4.78, 5) is 0. The van der Waals surface area contributed by atoms with E-state index in [1.54, 1.807) is 0 Å². The molecule has 51 valence electrons. The van der Waals surface area contributed by atoms with Crippen LogP contribution < -0.4 is 0 Å². The van der Waals surface area contributed by atoms with Crippen molar-refractivity contribution in [1.29, 1.82) is 0 Å². The van der Waals surface area contributed by atoms with Crippen molar-refractivity contribution in [3.05, 3.63) is 0 Å². The summed E-state index contributed by atoms with van der Waals surface area (Å²) in [6, 6.07) is 0. The van der Waals surface area contributed by atoms with Crippen LogP contribution in [0.5, 0.6) is 0 Å². The zero-order chi connectivity index (χ0) is 5.45. The van der Waals surface area contributed by atoms with Crippen LogP contribution in [0.25, 0.3) is 0 Å². The fourth-order valence-corrected chi connectivity index (χ4v) is 0. The fourth-order valence-electron chi connectivity index (χ4n) is 0. The van der Waals surface area contributed by atoms with Crippen molar-refractivity contribution in [2.45, 2.75) is 0 Å². The van der Waals surface area contributed by atoms with E-state index in [0.717, 1.165) is 0 Å². The van der Waals surface area contributed by atoms with Crippen molar-refractivity contribution in [2.75, 3.05) is 0 Å². The Bertz CT molecular complexity index is 191. The third-order valence-corrected chi connectivity index (χ3v) is 0. The van der Waals surface area contributed by atoms with Crippen LogP contribution in [-0.2, 0) is 40.2 Å². The zero-order valence-electron chi connectivity index (χ0n) is 2.81. The molecule has 0 rings (SSSR count). The standard InChI is InChI=1S/Li.Mn.Ni.2H2O.3O.H/h;;;2*1H2;;;;/q;+2;;;;;;;/p-2. The van der Waals surface area contributed by atoms with E-state index < -0.39 is 12.2 Å². The van der Waals surface area contributed by atoms with E-state index in [4.69, 9.17) is 19.9 Å². The maximum atomic E-state index is 8.83. The molecule has 0 aliphatic carbocycles. The van der Waals surface area contributed by atoms with Crippen molar-refractivity contribution >= 4 is 18.9 Å². The Balaban J connectivity index is -0.000000125. The van der Waals surface area contributed by atoms with Gasteiger partial charge in [0.15, 0.2) is 0 Å². The molecular formula is H3LiMnNiO5. The molecule has 0 heterocycles. The van der Waals surface area contributed by atoms with Gasteiger partial charge in [-0.25, -0.2) is 0 Å². The number of hydrogen-bond acceptors (Lipinski definition) is 3. The van der Waals surface area contributed by atoms with Gasteiger partial charge in [-0.1, -0.05) is 0 Å².